The smallest absolute Gasteiger partial charge is 0.180 e. The molecule has 0 fully saturated rings. The molecule has 0 bridgehead atoms. The van der Waals surface area contributed by atoms with Gasteiger partial charge < -0.3 is 4.74 Å². The van der Waals surface area contributed by atoms with E-state index in [1.165, 1.54) is 10.8 Å². The maximum atomic E-state index is 5.74. The molecule has 3 rings (SSSR count). The first kappa shape index (κ1) is 9.43. The lowest BCUT2D eigenvalue weighted by Gasteiger charge is -2.04. The Kier molecular flexibility index (Phi) is 2.35. The van der Waals surface area contributed by atoms with E-state index in [4.69, 9.17) is 4.74 Å². The second kappa shape index (κ2) is 3.99. The zero-order valence-corrected chi connectivity index (χ0v) is 9.41. The first-order valence-electron chi connectivity index (χ1n) is 5.12. The Morgan fingerprint density at radius 1 is 0.812 bits per heavy atom. The third-order valence-corrected chi connectivity index (χ3v) is 3.18. The first-order chi connectivity index (χ1) is 7.92. The SMILES string of the molecule is c1csc(Oc2ccc3ccccc3c2)c1. The topological polar surface area (TPSA) is 9.23 Å². The van der Waals surface area contributed by atoms with Gasteiger partial charge >= 0.3 is 0 Å². The van der Waals surface area contributed by atoms with Gasteiger partial charge in [-0.3, -0.25) is 0 Å². The summed E-state index contributed by atoms with van der Waals surface area (Å²) >= 11 is 1.60. The van der Waals surface area contributed by atoms with Crippen LogP contribution in [0.4, 0.5) is 0 Å². The van der Waals surface area contributed by atoms with Crippen molar-refractivity contribution in [3.63, 3.8) is 0 Å². The Balaban J connectivity index is 1.99. The summed E-state index contributed by atoms with van der Waals surface area (Å²) in [4.78, 5) is 0. The maximum absolute atomic E-state index is 5.74. The van der Waals surface area contributed by atoms with Crippen molar-refractivity contribution < 1.29 is 4.74 Å². The summed E-state index contributed by atoms with van der Waals surface area (Å²) in [6, 6.07) is 18.4. The van der Waals surface area contributed by atoms with Gasteiger partial charge in [-0.05, 0) is 40.4 Å². The van der Waals surface area contributed by atoms with E-state index < -0.39 is 0 Å². The standard InChI is InChI=1S/C14H10OS/c1-2-5-12-10-13(8-7-11(12)4-1)15-14-6-3-9-16-14/h1-10H. The van der Waals surface area contributed by atoms with Crippen molar-refractivity contribution in [2.45, 2.75) is 0 Å². The van der Waals surface area contributed by atoms with Gasteiger partial charge in [0.15, 0.2) is 5.06 Å². The molecule has 0 aliphatic rings. The average Bonchev–Trinajstić information content (AvgIpc) is 2.82. The largest absolute Gasteiger partial charge is 0.447 e. The minimum absolute atomic E-state index is 0.890. The van der Waals surface area contributed by atoms with E-state index in [1.54, 1.807) is 11.3 Å². The molecule has 0 spiro atoms. The highest BCUT2D eigenvalue weighted by molar-refractivity contribution is 7.11. The Hall–Kier alpha value is -1.80. The van der Waals surface area contributed by atoms with Gasteiger partial charge in [0, 0.05) is 0 Å². The van der Waals surface area contributed by atoms with Crippen molar-refractivity contribution >= 4 is 22.1 Å². The Morgan fingerprint density at radius 2 is 1.69 bits per heavy atom. The number of thiophene rings is 1. The van der Waals surface area contributed by atoms with Crippen molar-refractivity contribution in [2.24, 2.45) is 0 Å². The van der Waals surface area contributed by atoms with Gasteiger partial charge in [-0.15, -0.1) is 11.3 Å². The summed E-state index contributed by atoms with van der Waals surface area (Å²) in [5.74, 6) is 0.890. The molecule has 0 aliphatic heterocycles. The third kappa shape index (κ3) is 1.79. The summed E-state index contributed by atoms with van der Waals surface area (Å²) in [5.41, 5.74) is 0. The van der Waals surface area contributed by atoms with Crippen LogP contribution < -0.4 is 4.74 Å². The van der Waals surface area contributed by atoms with E-state index in [1.807, 2.05) is 35.7 Å². The molecule has 0 radical (unpaired) electrons. The molecule has 0 saturated heterocycles. The van der Waals surface area contributed by atoms with Gasteiger partial charge in [0.25, 0.3) is 0 Å². The molecule has 78 valence electrons. The minimum atomic E-state index is 0.890. The molecule has 1 nitrogen and oxygen atoms in total. The van der Waals surface area contributed by atoms with Crippen LogP contribution in [0.3, 0.4) is 0 Å². The number of fused-ring (bicyclic) bond motifs is 1. The van der Waals surface area contributed by atoms with Gasteiger partial charge in [0.1, 0.15) is 5.75 Å². The predicted molar refractivity (Wildman–Crippen MR) is 68.3 cm³/mol. The van der Waals surface area contributed by atoms with Crippen LogP contribution in [0.25, 0.3) is 10.8 Å². The minimum Gasteiger partial charge on any atom is -0.447 e. The Labute approximate surface area is 97.9 Å². The van der Waals surface area contributed by atoms with Crippen LogP contribution >= 0.6 is 11.3 Å². The number of hydrogen-bond acceptors (Lipinski definition) is 2. The van der Waals surface area contributed by atoms with Gasteiger partial charge in [-0.1, -0.05) is 30.3 Å². The van der Waals surface area contributed by atoms with Crippen LogP contribution in [0.5, 0.6) is 10.8 Å². The molecule has 0 unspecified atom stereocenters. The highest BCUT2D eigenvalue weighted by Crippen LogP contribution is 2.28. The van der Waals surface area contributed by atoms with Crippen molar-refractivity contribution in [3.8, 4) is 10.8 Å². The highest BCUT2D eigenvalue weighted by atomic mass is 32.1. The number of benzene rings is 2. The van der Waals surface area contributed by atoms with Gasteiger partial charge in [0.2, 0.25) is 0 Å². The number of rotatable bonds is 2. The molecular weight excluding hydrogens is 216 g/mol. The molecule has 0 N–H and O–H groups in total. The zero-order valence-electron chi connectivity index (χ0n) is 8.59. The van der Waals surface area contributed by atoms with E-state index in [0.29, 0.717) is 0 Å². The predicted octanol–water partition coefficient (Wildman–Crippen LogP) is 4.69. The Bertz CT molecular complexity index is 599. The summed E-state index contributed by atoms with van der Waals surface area (Å²) in [7, 11) is 0. The van der Waals surface area contributed by atoms with Crippen molar-refractivity contribution in [2.75, 3.05) is 0 Å². The molecule has 0 amide bonds. The van der Waals surface area contributed by atoms with Crippen LogP contribution in [0, 0.1) is 0 Å². The zero-order chi connectivity index (χ0) is 10.8. The van der Waals surface area contributed by atoms with Crippen molar-refractivity contribution in [1.82, 2.24) is 0 Å². The van der Waals surface area contributed by atoms with Crippen LogP contribution in [0.15, 0.2) is 60.0 Å². The van der Waals surface area contributed by atoms with E-state index in [9.17, 15) is 0 Å². The lowest BCUT2D eigenvalue weighted by atomic mass is 10.1. The van der Waals surface area contributed by atoms with Gasteiger partial charge in [-0.2, -0.15) is 0 Å². The molecule has 2 aromatic carbocycles. The average molecular weight is 226 g/mol. The second-order valence-corrected chi connectivity index (χ2v) is 4.45. The molecule has 1 aromatic heterocycles. The normalized spacial score (nSPS) is 10.5. The molecule has 3 aromatic rings. The fourth-order valence-corrected chi connectivity index (χ4v) is 2.26. The first-order valence-corrected chi connectivity index (χ1v) is 6.00. The molecular formula is C14H10OS. The van der Waals surface area contributed by atoms with E-state index in [2.05, 4.69) is 24.3 Å². The van der Waals surface area contributed by atoms with E-state index in [-0.39, 0.29) is 0 Å². The van der Waals surface area contributed by atoms with Gasteiger partial charge in [-0.25, -0.2) is 0 Å². The molecule has 16 heavy (non-hydrogen) atoms. The summed E-state index contributed by atoms with van der Waals surface area (Å²) in [6.07, 6.45) is 0. The fraction of sp³-hybridized carbons (Fsp3) is 0. The van der Waals surface area contributed by atoms with Crippen molar-refractivity contribution in [3.05, 3.63) is 60.0 Å². The van der Waals surface area contributed by atoms with Crippen LogP contribution in [-0.2, 0) is 0 Å². The van der Waals surface area contributed by atoms with Crippen LogP contribution in [-0.4, -0.2) is 0 Å². The lowest BCUT2D eigenvalue weighted by molar-refractivity contribution is 0.497. The third-order valence-electron chi connectivity index (χ3n) is 2.43. The maximum Gasteiger partial charge on any atom is 0.180 e. The second-order valence-electron chi connectivity index (χ2n) is 3.54. The molecule has 0 saturated carbocycles. The molecule has 2 heteroatoms. The van der Waals surface area contributed by atoms with E-state index >= 15 is 0 Å². The lowest BCUT2D eigenvalue weighted by Crippen LogP contribution is -1.80. The molecule has 0 atom stereocenters. The van der Waals surface area contributed by atoms with E-state index in [0.717, 1.165) is 10.8 Å². The monoisotopic (exact) mass is 226 g/mol. The summed E-state index contributed by atoms with van der Waals surface area (Å²) in [5, 5.41) is 5.38. The molecule has 0 aliphatic carbocycles. The summed E-state index contributed by atoms with van der Waals surface area (Å²) < 4.78 is 5.74. The highest BCUT2D eigenvalue weighted by Gasteiger charge is 1.99. The quantitative estimate of drug-likeness (QED) is 0.615. The van der Waals surface area contributed by atoms with Gasteiger partial charge in [0.05, 0.1) is 0 Å². The van der Waals surface area contributed by atoms with Crippen molar-refractivity contribution in [1.29, 1.82) is 0 Å². The fourth-order valence-electron chi connectivity index (χ4n) is 1.67. The molecule has 1 heterocycles. The van der Waals surface area contributed by atoms with Crippen LogP contribution in [0.1, 0.15) is 0 Å². The Morgan fingerprint density at radius 3 is 2.50 bits per heavy atom. The summed E-state index contributed by atoms with van der Waals surface area (Å²) in [6.45, 7) is 0. The number of hydrogen-bond donors (Lipinski definition) is 0. The van der Waals surface area contributed by atoms with Crippen LogP contribution in [0.2, 0.25) is 0 Å². The number of ether oxygens (including phenoxy) is 1.